The zero-order valence-electron chi connectivity index (χ0n) is 18.3. The molecule has 1 aromatic carbocycles. The van der Waals surface area contributed by atoms with E-state index >= 15 is 0 Å². The van der Waals surface area contributed by atoms with Gasteiger partial charge in [0.1, 0.15) is 12.6 Å². The van der Waals surface area contributed by atoms with Crippen molar-refractivity contribution in [2.75, 3.05) is 0 Å². The van der Waals surface area contributed by atoms with E-state index in [1.807, 2.05) is 51.1 Å². The molecule has 1 saturated carbocycles. The molecule has 1 fully saturated rings. The van der Waals surface area contributed by atoms with Crippen LogP contribution < -0.4 is 10.6 Å². The van der Waals surface area contributed by atoms with Crippen LogP contribution in [0.1, 0.15) is 52.5 Å². The number of hydrogen-bond acceptors (Lipinski definition) is 6. The molecule has 2 rings (SSSR count). The Labute approximate surface area is 183 Å². The number of hydrogen-bond donors (Lipinski definition) is 3. The summed E-state index contributed by atoms with van der Waals surface area (Å²) >= 11 is 0. The molecule has 31 heavy (non-hydrogen) atoms. The van der Waals surface area contributed by atoms with Crippen LogP contribution in [-0.4, -0.2) is 54.0 Å². The van der Waals surface area contributed by atoms with Crippen LogP contribution in [-0.2, 0) is 31.0 Å². The summed E-state index contributed by atoms with van der Waals surface area (Å²) in [6.07, 6.45) is -0.659. The van der Waals surface area contributed by atoms with Gasteiger partial charge >= 0.3 is 6.09 Å². The fourth-order valence-corrected chi connectivity index (χ4v) is 4.46. The third-order valence-corrected chi connectivity index (χ3v) is 6.20. The van der Waals surface area contributed by atoms with E-state index in [1.165, 1.54) is 0 Å². The second-order valence-electron chi connectivity index (χ2n) is 8.77. The van der Waals surface area contributed by atoms with Crippen LogP contribution in [0.25, 0.3) is 0 Å². The summed E-state index contributed by atoms with van der Waals surface area (Å²) in [6, 6.07) is 7.66. The van der Waals surface area contributed by atoms with Gasteiger partial charge in [-0.05, 0) is 52.5 Å². The van der Waals surface area contributed by atoms with Gasteiger partial charge in [0.2, 0.25) is 5.91 Å². The van der Waals surface area contributed by atoms with E-state index in [0.29, 0.717) is 6.42 Å². The number of carbonyl (C=O) groups excluding carboxylic acids is 2. The Kier molecular flexibility index (Phi) is 8.44. The maximum atomic E-state index is 12.9. The number of amides is 2. The molecule has 3 N–H and O–H groups in total. The van der Waals surface area contributed by atoms with Gasteiger partial charge in [-0.3, -0.25) is 9.35 Å². The van der Waals surface area contributed by atoms with Crippen LogP contribution in [0.4, 0.5) is 4.79 Å². The Morgan fingerprint density at radius 3 is 2.39 bits per heavy atom. The molecule has 2 amide bonds. The average Bonchev–Trinajstić information content (AvgIpc) is 3.12. The van der Waals surface area contributed by atoms with Gasteiger partial charge in [-0.15, -0.1) is 0 Å². The summed E-state index contributed by atoms with van der Waals surface area (Å²) in [5.74, 6) is -0.505. The highest BCUT2D eigenvalue weighted by Crippen LogP contribution is 2.25. The van der Waals surface area contributed by atoms with Gasteiger partial charge in [0, 0.05) is 6.04 Å². The first-order valence-electron chi connectivity index (χ1n) is 10.3. The van der Waals surface area contributed by atoms with Crippen molar-refractivity contribution in [1.82, 2.24) is 10.6 Å². The van der Waals surface area contributed by atoms with Crippen LogP contribution in [0.2, 0.25) is 0 Å². The molecule has 1 aliphatic rings. The van der Waals surface area contributed by atoms with Crippen LogP contribution in [0.3, 0.4) is 0 Å². The zero-order chi connectivity index (χ0) is 23.2. The van der Waals surface area contributed by atoms with Gasteiger partial charge in [-0.2, -0.15) is 8.42 Å². The molecule has 0 heterocycles. The van der Waals surface area contributed by atoms with Gasteiger partial charge < -0.3 is 20.1 Å². The van der Waals surface area contributed by atoms with E-state index in [-0.39, 0.29) is 19.4 Å². The minimum Gasteiger partial charge on any atom is -0.445 e. The summed E-state index contributed by atoms with van der Waals surface area (Å²) in [4.78, 5) is 25.3. The van der Waals surface area contributed by atoms with Crippen molar-refractivity contribution in [2.24, 2.45) is 0 Å². The Balaban J connectivity index is 2.01. The lowest BCUT2D eigenvalue weighted by Crippen LogP contribution is -2.56. The van der Waals surface area contributed by atoms with E-state index in [0.717, 1.165) is 5.56 Å². The number of ether oxygens (including phenoxy) is 2. The van der Waals surface area contributed by atoms with Crippen molar-refractivity contribution < 1.29 is 32.0 Å². The normalized spacial score (nSPS) is 21.2. The Morgan fingerprint density at radius 1 is 1.19 bits per heavy atom. The molecule has 9 nitrogen and oxygen atoms in total. The predicted molar refractivity (Wildman–Crippen MR) is 115 cm³/mol. The minimum absolute atomic E-state index is 0.0498. The lowest BCUT2D eigenvalue weighted by atomic mass is 10.1. The topological polar surface area (TPSA) is 131 Å². The lowest BCUT2D eigenvalue weighted by molar-refractivity contribution is -0.131. The molecule has 0 bridgehead atoms. The van der Waals surface area contributed by atoms with E-state index < -0.39 is 51.2 Å². The van der Waals surface area contributed by atoms with Gasteiger partial charge in [0.15, 0.2) is 0 Å². The molecule has 0 aliphatic heterocycles. The van der Waals surface area contributed by atoms with Crippen molar-refractivity contribution in [1.29, 1.82) is 0 Å². The van der Waals surface area contributed by atoms with Crippen molar-refractivity contribution >= 4 is 22.1 Å². The molecule has 0 aromatic heterocycles. The second-order valence-corrected chi connectivity index (χ2v) is 10.5. The van der Waals surface area contributed by atoms with Gasteiger partial charge in [-0.1, -0.05) is 30.3 Å². The van der Waals surface area contributed by atoms with Crippen LogP contribution >= 0.6 is 0 Å². The van der Waals surface area contributed by atoms with Gasteiger partial charge in [-0.25, -0.2) is 4.79 Å². The molecule has 1 unspecified atom stereocenters. The van der Waals surface area contributed by atoms with Crippen LogP contribution in [0.15, 0.2) is 30.3 Å². The monoisotopic (exact) mass is 456 g/mol. The molecule has 174 valence electrons. The largest absolute Gasteiger partial charge is 0.445 e. The molecule has 4 atom stereocenters. The highest BCUT2D eigenvalue weighted by Gasteiger charge is 2.37. The smallest absolute Gasteiger partial charge is 0.408 e. The van der Waals surface area contributed by atoms with Crippen LogP contribution in [0, 0.1) is 0 Å². The number of rotatable bonds is 8. The van der Waals surface area contributed by atoms with E-state index in [9.17, 15) is 22.6 Å². The number of alkyl carbamates (subject to hydrolysis) is 1. The summed E-state index contributed by atoms with van der Waals surface area (Å²) < 4.78 is 43.0. The molecule has 1 aliphatic carbocycles. The molecule has 0 radical (unpaired) electrons. The Hall–Kier alpha value is -2.17. The first-order chi connectivity index (χ1) is 14.3. The highest BCUT2D eigenvalue weighted by atomic mass is 32.2. The van der Waals surface area contributed by atoms with Crippen molar-refractivity contribution in [3.8, 4) is 0 Å². The SMILES string of the molecule is C[C@@H](OC(C)(C)C)[C@H](NC(=O)OCc1ccccc1)C(=O)NC1CC[C@@H](S(=O)(=O)O)C1. The first kappa shape index (κ1) is 25.1. The molecule has 0 spiro atoms. The predicted octanol–water partition coefficient (Wildman–Crippen LogP) is 2.41. The summed E-state index contributed by atoms with van der Waals surface area (Å²) in [6.45, 7) is 7.22. The average molecular weight is 457 g/mol. The standard InChI is InChI=1S/C21H32N2O7S/c1-14(30-21(2,3)4)18(23-20(25)29-13-15-8-6-5-7-9-15)19(24)22-16-10-11-17(12-16)31(26,27)28/h5-9,14,16-18H,10-13H2,1-4H3,(H,22,24)(H,23,25)(H,26,27,28)/t14-,16?,17-,18+/m1/s1. The summed E-state index contributed by atoms with van der Waals surface area (Å²) in [5, 5.41) is 4.42. The molecular formula is C21H32N2O7S. The highest BCUT2D eigenvalue weighted by molar-refractivity contribution is 7.86. The maximum Gasteiger partial charge on any atom is 0.408 e. The van der Waals surface area contributed by atoms with Gasteiger partial charge in [0.25, 0.3) is 10.1 Å². The third-order valence-electron chi connectivity index (χ3n) is 4.93. The number of carbonyl (C=O) groups is 2. The molecule has 10 heteroatoms. The van der Waals surface area contributed by atoms with Crippen LogP contribution in [0.5, 0.6) is 0 Å². The van der Waals surface area contributed by atoms with E-state index in [2.05, 4.69) is 10.6 Å². The van der Waals surface area contributed by atoms with Crippen molar-refractivity contribution in [3.63, 3.8) is 0 Å². The summed E-state index contributed by atoms with van der Waals surface area (Å²) in [7, 11) is -4.15. The maximum absolute atomic E-state index is 12.9. The number of benzene rings is 1. The van der Waals surface area contributed by atoms with E-state index in [1.54, 1.807) is 6.92 Å². The first-order valence-corrected chi connectivity index (χ1v) is 11.8. The lowest BCUT2D eigenvalue weighted by Gasteiger charge is -2.31. The van der Waals surface area contributed by atoms with Crippen molar-refractivity contribution in [3.05, 3.63) is 35.9 Å². The molecule has 0 saturated heterocycles. The third kappa shape index (κ3) is 8.47. The quantitative estimate of drug-likeness (QED) is 0.512. The fraction of sp³-hybridized carbons (Fsp3) is 0.619. The second kappa shape index (κ2) is 10.4. The number of nitrogens with one attached hydrogen (secondary N) is 2. The Morgan fingerprint density at radius 2 is 1.84 bits per heavy atom. The zero-order valence-corrected chi connectivity index (χ0v) is 19.1. The minimum atomic E-state index is -4.15. The summed E-state index contributed by atoms with van der Waals surface area (Å²) in [5.41, 5.74) is 0.247. The Bertz CT molecular complexity index is 852. The van der Waals surface area contributed by atoms with E-state index in [4.69, 9.17) is 9.47 Å². The fourth-order valence-electron chi connectivity index (χ4n) is 3.55. The van der Waals surface area contributed by atoms with Crippen molar-refractivity contribution in [2.45, 2.75) is 82.6 Å². The van der Waals surface area contributed by atoms with Gasteiger partial charge in [0.05, 0.1) is 17.0 Å². The molecule has 1 aromatic rings. The molecular weight excluding hydrogens is 424 g/mol.